The fourth-order valence-electron chi connectivity index (χ4n) is 2.49. The second-order valence-corrected chi connectivity index (χ2v) is 7.85. The molecule has 9 heteroatoms. The lowest BCUT2D eigenvalue weighted by atomic mass is 10.2. The molecule has 2 amide bonds. The SMILES string of the molecule is CN(C)CC(=O)N1CCN(S(=O)(=O)c2ccc(C(N)=O)cc2)CC1. The van der Waals surface area contributed by atoms with Crippen LogP contribution in [0.1, 0.15) is 10.4 Å². The maximum atomic E-state index is 12.6. The van der Waals surface area contributed by atoms with Crippen molar-refractivity contribution >= 4 is 21.8 Å². The first-order chi connectivity index (χ1) is 11.2. The third-order valence-corrected chi connectivity index (χ3v) is 5.73. The average molecular weight is 354 g/mol. The van der Waals surface area contributed by atoms with Crippen LogP contribution < -0.4 is 5.73 Å². The molecule has 1 aromatic rings. The van der Waals surface area contributed by atoms with Crippen LogP contribution in [0.4, 0.5) is 0 Å². The van der Waals surface area contributed by atoms with Gasteiger partial charge >= 0.3 is 0 Å². The monoisotopic (exact) mass is 354 g/mol. The van der Waals surface area contributed by atoms with E-state index in [9.17, 15) is 18.0 Å². The molecule has 132 valence electrons. The largest absolute Gasteiger partial charge is 0.366 e. The number of rotatable bonds is 5. The summed E-state index contributed by atoms with van der Waals surface area (Å²) in [4.78, 5) is 26.6. The number of amides is 2. The van der Waals surface area contributed by atoms with Crippen molar-refractivity contribution in [2.24, 2.45) is 5.73 Å². The van der Waals surface area contributed by atoms with Gasteiger partial charge in [-0.05, 0) is 38.4 Å². The number of carbonyl (C=O) groups excluding carboxylic acids is 2. The first-order valence-corrected chi connectivity index (χ1v) is 8.98. The smallest absolute Gasteiger partial charge is 0.248 e. The van der Waals surface area contributed by atoms with Crippen LogP contribution in [0.25, 0.3) is 0 Å². The minimum absolute atomic E-state index is 0.0112. The van der Waals surface area contributed by atoms with Gasteiger partial charge in [0.15, 0.2) is 0 Å². The molecule has 1 fully saturated rings. The Balaban J connectivity index is 2.04. The highest BCUT2D eigenvalue weighted by atomic mass is 32.2. The van der Waals surface area contributed by atoms with Crippen molar-refractivity contribution in [3.63, 3.8) is 0 Å². The van der Waals surface area contributed by atoms with Gasteiger partial charge in [-0.2, -0.15) is 4.31 Å². The van der Waals surface area contributed by atoms with E-state index in [0.717, 1.165) is 0 Å². The third kappa shape index (κ3) is 4.11. The van der Waals surface area contributed by atoms with Crippen LogP contribution in [0, 0.1) is 0 Å². The zero-order chi connectivity index (χ0) is 17.9. The lowest BCUT2D eigenvalue weighted by molar-refractivity contribution is -0.133. The molecule has 1 aliphatic heterocycles. The predicted molar refractivity (Wildman–Crippen MR) is 88.9 cm³/mol. The van der Waals surface area contributed by atoms with Gasteiger partial charge in [0, 0.05) is 31.7 Å². The normalized spacial score (nSPS) is 16.4. The van der Waals surface area contributed by atoms with E-state index in [1.54, 1.807) is 9.80 Å². The van der Waals surface area contributed by atoms with E-state index in [0.29, 0.717) is 19.6 Å². The summed E-state index contributed by atoms with van der Waals surface area (Å²) in [7, 11) is -0.0162. The van der Waals surface area contributed by atoms with Crippen molar-refractivity contribution in [3.05, 3.63) is 29.8 Å². The van der Waals surface area contributed by atoms with Crippen molar-refractivity contribution in [2.75, 3.05) is 46.8 Å². The van der Waals surface area contributed by atoms with Gasteiger partial charge in [0.25, 0.3) is 0 Å². The Bertz CT molecular complexity index is 707. The zero-order valence-electron chi connectivity index (χ0n) is 13.8. The van der Waals surface area contributed by atoms with Crippen molar-refractivity contribution in [1.82, 2.24) is 14.1 Å². The van der Waals surface area contributed by atoms with E-state index in [1.165, 1.54) is 28.6 Å². The Morgan fingerprint density at radius 3 is 2.08 bits per heavy atom. The van der Waals surface area contributed by atoms with Crippen LogP contribution in [-0.4, -0.2) is 81.2 Å². The second-order valence-electron chi connectivity index (χ2n) is 5.91. The number of hydrogen-bond donors (Lipinski definition) is 1. The van der Waals surface area contributed by atoms with E-state index >= 15 is 0 Å². The minimum atomic E-state index is -3.64. The number of nitrogens with two attached hydrogens (primary N) is 1. The van der Waals surface area contributed by atoms with Gasteiger partial charge in [0.1, 0.15) is 0 Å². The van der Waals surface area contributed by atoms with Crippen LogP contribution >= 0.6 is 0 Å². The Morgan fingerprint density at radius 2 is 1.62 bits per heavy atom. The second kappa shape index (κ2) is 7.29. The van der Waals surface area contributed by atoms with E-state index in [4.69, 9.17) is 5.73 Å². The van der Waals surface area contributed by atoms with E-state index in [-0.39, 0.29) is 29.5 Å². The first-order valence-electron chi connectivity index (χ1n) is 7.54. The molecule has 2 rings (SSSR count). The lowest BCUT2D eigenvalue weighted by Gasteiger charge is -2.34. The fourth-order valence-corrected chi connectivity index (χ4v) is 3.91. The highest BCUT2D eigenvalue weighted by Crippen LogP contribution is 2.18. The molecule has 0 unspecified atom stereocenters. The van der Waals surface area contributed by atoms with Crippen LogP contribution in [0.2, 0.25) is 0 Å². The summed E-state index contributed by atoms with van der Waals surface area (Å²) in [5.74, 6) is -0.616. The topological polar surface area (TPSA) is 104 Å². The molecule has 0 bridgehead atoms. The highest BCUT2D eigenvalue weighted by Gasteiger charge is 2.30. The van der Waals surface area contributed by atoms with Crippen LogP contribution in [0.5, 0.6) is 0 Å². The number of nitrogens with zero attached hydrogens (tertiary/aromatic N) is 3. The standard InChI is InChI=1S/C15H22N4O4S/c1-17(2)11-14(20)18-7-9-19(10-8-18)24(22,23)13-5-3-12(4-6-13)15(16)21/h3-6H,7-11H2,1-2H3,(H2,16,21). The number of carbonyl (C=O) groups is 2. The number of hydrogen-bond acceptors (Lipinski definition) is 5. The summed E-state index contributed by atoms with van der Waals surface area (Å²) in [6.45, 7) is 1.54. The molecule has 0 spiro atoms. The van der Waals surface area contributed by atoms with Gasteiger partial charge in [-0.15, -0.1) is 0 Å². The Morgan fingerprint density at radius 1 is 1.08 bits per heavy atom. The number of primary amides is 1. The summed E-state index contributed by atoms with van der Waals surface area (Å²) in [5, 5.41) is 0. The van der Waals surface area contributed by atoms with E-state index in [1.807, 2.05) is 14.1 Å². The lowest BCUT2D eigenvalue weighted by Crippen LogP contribution is -2.52. The van der Waals surface area contributed by atoms with Gasteiger partial charge in [0.05, 0.1) is 11.4 Å². The van der Waals surface area contributed by atoms with Crippen molar-refractivity contribution in [1.29, 1.82) is 0 Å². The molecule has 2 N–H and O–H groups in total. The maximum absolute atomic E-state index is 12.6. The van der Waals surface area contributed by atoms with Gasteiger partial charge in [-0.3, -0.25) is 9.59 Å². The molecule has 0 saturated carbocycles. The minimum Gasteiger partial charge on any atom is -0.366 e. The third-order valence-electron chi connectivity index (χ3n) is 3.82. The molecule has 0 aliphatic carbocycles. The van der Waals surface area contributed by atoms with Crippen LogP contribution in [-0.2, 0) is 14.8 Å². The molecular weight excluding hydrogens is 332 g/mol. The summed E-state index contributed by atoms with van der Waals surface area (Å²) < 4.78 is 26.6. The Labute approximate surface area is 141 Å². The summed E-state index contributed by atoms with van der Waals surface area (Å²) >= 11 is 0. The summed E-state index contributed by atoms with van der Waals surface area (Å²) in [5.41, 5.74) is 5.41. The molecule has 1 saturated heterocycles. The average Bonchev–Trinajstić information content (AvgIpc) is 2.54. The van der Waals surface area contributed by atoms with E-state index < -0.39 is 15.9 Å². The first kappa shape index (κ1) is 18.4. The molecule has 0 aromatic heterocycles. The highest BCUT2D eigenvalue weighted by molar-refractivity contribution is 7.89. The van der Waals surface area contributed by atoms with Gasteiger partial charge < -0.3 is 15.5 Å². The number of piperazine rings is 1. The van der Waals surface area contributed by atoms with Crippen molar-refractivity contribution < 1.29 is 18.0 Å². The van der Waals surface area contributed by atoms with Crippen molar-refractivity contribution in [2.45, 2.75) is 4.90 Å². The van der Waals surface area contributed by atoms with Crippen LogP contribution in [0.3, 0.4) is 0 Å². The molecule has 1 aromatic carbocycles. The number of sulfonamides is 1. The molecule has 0 atom stereocenters. The summed E-state index contributed by atoms with van der Waals surface area (Å²) in [6, 6.07) is 5.54. The van der Waals surface area contributed by atoms with Crippen molar-refractivity contribution in [3.8, 4) is 0 Å². The van der Waals surface area contributed by atoms with E-state index in [2.05, 4.69) is 0 Å². The fraction of sp³-hybridized carbons (Fsp3) is 0.467. The van der Waals surface area contributed by atoms with Gasteiger partial charge in [-0.25, -0.2) is 8.42 Å². The molecule has 1 heterocycles. The molecule has 8 nitrogen and oxygen atoms in total. The number of benzene rings is 1. The number of likely N-dealkylation sites (N-methyl/N-ethyl adjacent to an activating group) is 1. The zero-order valence-corrected chi connectivity index (χ0v) is 14.6. The van der Waals surface area contributed by atoms with Gasteiger partial charge in [-0.1, -0.05) is 0 Å². The molecular formula is C15H22N4O4S. The molecule has 1 aliphatic rings. The Hall–Kier alpha value is -1.97. The van der Waals surface area contributed by atoms with Gasteiger partial charge in [0.2, 0.25) is 21.8 Å². The van der Waals surface area contributed by atoms with Crippen LogP contribution in [0.15, 0.2) is 29.2 Å². The Kier molecular flexibility index (Phi) is 5.58. The quantitative estimate of drug-likeness (QED) is 0.744. The molecule has 24 heavy (non-hydrogen) atoms. The summed E-state index contributed by atoms with van der Waals surface area (Å²) in [6.07, 6.45) is 0. The maximum Gasteiger partial charge on any atom is 0.248 e. The predicted octanol–water partition coefficient (Wildman–Crippen LogP) is -0.820. The molecule has 0 radical (unpaired) electrons.